The summed E-state index contributed by atoms with van der Waals surface area (Å²) < 4.78 is 31.5. The van der Waals surface area contributed by atoms with Gasteiger partial charge in [-0.25, -0.2) is 8.78 Å². The second kappa shape index (κ2) is 8.01. The van der Waals surface area contributed by atoms with Gasteiger partial charge in [-0.05, 0) is 45.0 Å². The first kappa shape index (κ1) is 17.3. The van der Waals surface area contributed by atoms with Gasteiger partial charge >= 0.3 is 5.97 Å². The summed E-state index contributed by atoms with van der Waals surface area (Å²) >= 11 is 0. The van der Waals surface area contributed by atoms with Crippen molar-refractivity contribution in [3.63, 3.8) is 0 Å². The van der Waals surface area contributed by atoms with Gasteiger partial charge in [0.05, 0.1) is 24.8 Å². The maximum atomic E-state index is 13.5. The van der Waals surface area contributed by atoms with Gasteiger partial charge in [-0.3, -0.25) is 14.5 Å². The van der Waals surface area contributed by atoms with Crippen molar-refractivity contribution in [1.29, 1.82) is 0 Å². The molecular weight excluding hydrogens is 306 g/mol. The SMILES string of the molecule is CCOC(=O)C1CCN(CC(=O)Nc2cc(F)ccc2F)CC1. The highest BCUT2D eigenvalue weighted by Crippen LogP contribution is 2.19. The molecule has 0 unspecified atom stereocenters. The van der Waals surface area contributed by atoms with Gasteiger partial charge in [0.2, 0.25) is 5.91 Å². The van der Waals surface area contributed by atoms with E-state index in [4.69, 9.17) is 4.74 Å². The molecule has 0 bridgehead atoms. The fourth-order valence-electron chi connectivity index (χ4n) is 2.57. The lowest BCUT2D eigenvalue weighted by Crippen LogP contribution is -2.41. The summed E-state index contributed by atoms with van der Waals surface area (Å²) in [6.45, 7) is 3.38. The average Bonchev–Trinajstić information content (AvgIpc) is 2.52. The third-order valence-corrected chi connectivity index (χ3v) is 3.78. The lowest BCUT2D eigenvalue weighted by Gasteiger charge is -2.30. The maximum absolute atomic E-state index is 13.5. The minimum Gasteiger partial charge on any atom is -0.466 e. The number of amides is 1. The Morgan fingerprint density at radius 2 is 2.00 bits per heavy atom. The molecule has 0 atom stereocenters. The number of carbonyl (C=O) groups is 2. The average molecular weight is 326 g/mol. The van der Waals surface area contributed by atoms with E-state index < -0.39 is 17.5 Å². The van der Waals surface area contributed by atoms with E-state index >= 15 is 0 Å². The molecule has 1 aromatic carbocycles. The van der Waals surface area contributed by atoms with Crippen LogP contribution < -0.4 is 5.32 Å². The first-order valence-electron chi connectivity index (χ1n) is 7.63. The molecule has 1 saturated heterocycles. The van der Waals surface area contributed by atoms with Gasteiger partial charge in [0.25, 0.3) is 0 Å². The Morgan fingerprint density at radius 1 is 1.30 bits per heavy atom. The van der Waals surface area contributed by atoms with Crippen LogP contribution in [0.4, 0.5) is 14.5 Å². The lowest BCUT2D eigenvalue weighted by molar-refractivity contribution is -0.149. The molecule has 0 radical (unpaired) electrons. The van der Waals surface area contributed by atoms with Crippen LogP contribution >= 0.6 is 0 Å². The number of halogens is 2. The number of piperidine rings is 1. The van der Waals surface area contributed by atoms with Crippen molar-refractivity contribution in [3.8, 4) is 0 Å². The van der Waals surface area contributed by atoms with E-state index in [1.807, 2.05) is 4.90 Å². The van der Waals surface area contributed by atoms with Crippen molar-refractivity contribution in [2.45, 2.75) is 19.8 Å². The van der Waals surface area contributed by atoms with E-state index in [-0.39, 0.29) is 24.1 Å². The number of likely N-dealkylation sites (tertiary alicyclic amines) is 1. The van der Waals surface area contributed by atoms with E-state index in [9.17, 15) is 18.4 Å². The van der Waals surface area contributed by atoms with Crippen LogP contribution in [0.2, 0.25) is 0 Å². The van der Waals surface area contributed by atoms with E-state index in [2.05, 4.69) is 5.32 Å². The number of nitrogens with one attached hydrogen (secondary N) is 1. The molecule has 1 aromatic rings. The molecule has 23 heavy (non-hydrogen) atoms. The predicted molar refractivity (Wildman–Crippen MR) is 80.8 cm³/mol. The first-order valence-corrected chi connectivity index (χ1v) is 7.63. The van der Waals surface area contributed by atoms with Crippen molar-refractivity contribution in [1.82, 2.24) is 4.90 Å². The van der Waals surface area contributed by atoms with Crippen LogP contribution in [-0.2, 0) is 14.3 Å². The molecule has 5 nitrogen and oxygen atoms in total. The highest BCUT2D eigenvalue weighted by Gasteiger charge is 2.26. The highest BCUT2D eigenvalue weighted by molar-refractivity contribution is 5.92. The van der Waals surface area contributed by atoms with Gasteiger partial charge in [0.1, 0.15) is 11.6 Å². The van der Waals surface area contributed by atoms with Crippen molar-refractivity contribution >= 4 is 17.6 Å². The van der Waals surface area contributed by atoms with Gasteiger partial charge in [-0.1, -0.05) is 0 Å². The summed E-state index contributed by atoms with van der Waals surface area (Å²) in [5.74, 6) is -2.03. The van der Waals surface area contributed by atoms with Gasteiger partial charge in [-0.15, -0.1) is 0 Å². The summed E-state index contributed by atoms with van der Waals surface area (Å²) in [5.41, 5.74) is -0.170. The molecule has 1 fully saturated rings. The minimum atomic E-state index is -0.680. The van der Waals surface area contributed by atoms with Crippen molar-refractivity contribution in [3.05, 3.63) is 29.8 Å². The van der Waals surface area contributed by atoms with Crippen LogP contribution in [0.25, 0.3) is 0 Å². The maximum Gasteiger partial charge on any atom is 0.309 e. The van der Waals surface area contributed by atoms with E-state index in [1.54, 1.807) is 6.92 Å². The molecule has 0 saturated carbocycles. The van der Waals surface area contributed by atoms with Crippen LogP contribution in [0.1, 0.15) is 19.8 Å². The Kier molecular flexibility index (Phi) is 6.04. The summed E-state index contributed by atoms with van der Waals surface area (Å²) in [6, 6.07) is 2.90. The smallest absolute Gasteiger partial charge is 0.309 e. The molecule has 1 N–H and O–H groups in total. The number of anilines is 1. The van der Waals surface area contributed by atoms with Crippen LogP contribution in [-0.4, -0.2) is 43.0 Å². The molecule has 0 aliphatic carbocycles. The first-order chi connectivity index (χ1) is 11.0. The van der Waals surface area contributed by atoms with E-state index in [0.29, 0.717) is 32.5 Å². The summed E-state index contributed by atoms with van der Waals surface area (Å²) in [7, 11) is 0. The zero-order valence-corrected chi connectivity index (χ0v) is 13.0. The third-order valence-electron chi connectivity index (χ3n) is 3.78. The number of hydrogen-bond donors (Lipinski definition) is 1. The van der Waals surface area contributed by atoms with Crippen LogP contribution in [0.5, 0.6) is 0 Å². The molecule has 1 heterocycles. The molecule has 1 aliphatic heterocycles. The Bertz CT molecular complexity index is 572. The second-order valence-electron chi connectivity index (χ2n) is 5.47. The van der Waals surface area contributed by atoms with Gasteiger partial charge in [0.15, 0.2) is 0 Å². The molecule has 0 spiro atoms. The van der Waals surface area contributed by atoms with Crippen LogP contribution in [0.15, 0.2) is 18.2 Å². The van der Waals surface area contributed by atoms with Crippen LogP contribution in [0, 0.1) is 17.6 Å². The molecular formula is C16H20F2N2O3. The lowest BCUT2D eigenvalue weighted by atomic mass is 9.97. The second-order valence-corrected chi connectivity index (χ2v) is 5.47. The Labute approximate surface area is 133 Å². The molecule has 7 heteroatoms. The van der Waals surface area contributed by atoms with Gasteiger partial charge in [0, 0.05) is 6.07 Å². The topological polar surface area (TPSA) is 58.6 Å². The third kappa shape index (κ3) is 4.99. The summed E-state index contributed by atoms with van der Waals surface area (Å²) in [4.78, 5) is 25.4. The van der Waals surface area contributed by atoms with Crippen molar-refractivity contribution in [2.75, 3.05) is 31.6 Å². The minimum absolute atomic E-state index is 0.0749. The monoisotopic (exact) mass is 326 g/mol. The quantitative estimate of drug-likeness (QED) is 0.843. The Morgan fingerprint density at radius 3 is 2.65 bits per heavy atom. The highest BCUT2D eigenvalue weighted by atomic mass is 19.1. The number of rotatable bonds is 5. The summed E-state index contributed by atoms with van der Waals surface area (Å²) in [5, 5.41) is 2.37. The number of benzene rings is 1. The zero-order chi connectivity index (χ0) is 16.8. The Balaban J connectivity index is 1.81. The normalized spacial score (nSPS) is 16.1. The fourth-order valence-corrected chi connectivity index (χ4v) is 2.57. The number of carbonyl (C=O) groups excluding carboxylic acids is 2. The molecule has 0 aromatic heterocycles. The zero-order valence-electron chi connectivity index (χ0n) is 13.0. The van der Waals surface area contributed by atoms with Crippen molar-refractivity contribution < 1.29 is 23.1 Å². The van der Waals surface area contributed by atoms with Gasteiger partial charge < -0.3 is 10.1 Å². The van der Waals surface area contributed by atoms with E-state index in [1.165, 1.54) is 0 Å². The molecule has 2 rings (SSSR count). The number of ether oxygens (including phenoxy) is 1. The molecule has 1 aliphatic rings. The molecule has 126 valence electrons. The number of hydrogen-bond acceptors (Lipinski definition) is 4. The van der Waals surface area contributed by atoms with Crippen molar-refractivity contribution in [2.24, 2.45) is 5.92 Å². The van der Waals surface area contributed by atoms with Gasteiger partial charge in [-0.2, -0.15) is 0 Å². The fraction of sp³-hybridized carbons (Fsp3) is 0.500. The summed E-state index contributed by atoms with van der Waals surface area (Å²) in [6.07, 6.45) is 1.25. The number of esters is 1. The van der Waals surface area contributed by atoms with E-state index in [0.717, 1.165) is 18.2 Å². The van der Waals surface area contributed by atoms with Crippen LogP contribution in [0.3, 0.4) is 0 Å². The number of nitrogens with zero attached hydrogens (tertiary/aromatic N) is 1. The Hall–Kier alpha value is -2.02. The molecule has 1 amide bonds. The largest absolute Gasteiger partial charge is 0.466 e. The standard InChI is InChI=1S/C16H20F2N2O3/c1-2-23-16(22)11-5-7-20(8-6-11)10-15(21)19-14-9-12(17)3-4-13(14)18/h3-4,9,11H,2,5-8,10H2,1H3,(H,19,21). The predicted octanol–water partition coefficient (Wildman–Crippen LogP) is 2.18.